The van der Waals surface area contributed by atoms with Crippen LogP contribution in [-0.4, -0.2) is 14.2 Å². The summed E-state index contributed by atoms with van der Waals surface area (Å²) in [7, 11) is 3.27. The van der Waals surface area contributed by atoms with Gasteiger partial charge in [0.15, 0.2) is 0 Å². The third-order valence-electron chi connectivity index (χ3n) is 2.36. The summed E-state index contributed by atoms with van der Waals surface area (Å²) in [5, 5.41) is 1.97. The molecule has 0 amide bonds. The predicted octanol–water partition coefficient (Wildman–Crippen LogP) is 2.44. The molecule has 0 heterocycles. The van der Waals surface area contributed by atoms with Crippen LogP contribution in [0.4, 0.5) is 5.69 Å². The lowest BCUT2D eigenvalue weighted by atomic mass is 10.1. The Kier molecular flexibility index (Phi) is 2.37. The molecule has 0 aliphatic heterocycles. The number of nitrogens with two attached hydrogens (primary N) is 1. The summed E-state index contributed by atoms with van der Waals surface area (Å²) < 4.78 is 10.6. The third kappa shape index (κ3) is 1.56. The Morgan fingerprint density at radius 3 is 2.40 bits per heavy atom. The first-order valence-corrected chi connectivity index (χ1v) is 4.66. The molecule has 0 aromatic heterocycles. The SMILES string of the molecule is COc1cccc2cc(N)cc(OC)c12. The molecule has 3 heteroatoms. The second kappa shape index (κ2) is 3.69. The van der Waals surface area contributed by atoms with Gasteiger partial charge in [-0.2, -0.15) is 0 Å². The lowest BCUT2D eigenvalue weighted by molar-refractivity contribution is 0.405. The van der Waals surface area contributed by atoms with Crippen LogP contribution in [0.2, 0.25) is 0 Å². The molecule has 0 unspecified atom stereocenters. The van der Waals surface area contributed by atoms with Gasteiger partial charge >= 0.3 is 0 Å². The molecule has 0 fully saturated rings. The summed E-state index contributed by atoms with van der Waals surface area (Å²) in [4.78, 5) is 0. The molecule has 3 nitrogen and oxygen atoms in total. The first kappa shape index (κ1) is 9.65. The summed E-state index contributed by atoms with van der Waals surface area (Å²) >= 11 is 0. The molecule has 78 valence electrons. The van der Waals surface area contributed by atoms with Crippen molar-refractivity contribution in [2.75, 3.05) is 20.0 Å². The summed E-state index contributed by atoms with van der Waals surface area (Å²) in [5.41, 5.74) is 6.46. The maximum atomic E-state index is 5.77. The van der Waals surface area contributed by atoms with E-state index in [4.69, 9.17) is 15.2 Å². The maximum Gasteiger partial charge on any atom is 0.132 e. The topological polar surface area (TPSA) is 44.5 Å². The van der Waals surface area contributed by atoms with Crippen LogP contribution in [0.5, 0.6) is 11.5 Å². The molecule has 0 atom stereocenters. The zero-order valence-corrected chi connectivity index (χ0v) is 8.78. The third-order valence-corrected chi connectivity index (χ3v) is 2.36. The monoisotopic (exact) mass is 203 g/mol. The Morgan fingerprint density at radius 1 is 1.00 bits per heavy atom. The Morgan fingerprint density at radius 2 is 1.73 bits per heavy atom. The van der Waals surface area contributed by atoms with E-state index in [1.165, 1.54) is 0 Å². The van der Waals surface area contributed by atoms with Gasteiger partial charge in [0.05, 0.1) is 19.6 Å². The summed E-state index contributed by atoms with van der Waals surface area (Å²) in [6.07, 6.45) is 0. The van der Waals surface area contributed by atoms with Gasteiger partial charge in [0.25, 0.3) is 0 Å². The summed E-state index contributed by atoms with van der Waals surface area (Å²) in [6, 6.07) is 9.52. The van der Waals surface area contributed by atoms with Crippen molar-refractivity contribution >= 4 is 16.5 Å². The van der Waals surface area contributed by atoms with Crippen molar-refractivity contribution in [3.05, 3.63) is 30.3 Å². The zero-order valence-electron chi connectivity index (χ0n) is 8.78. The van der Waals surface area contributed by atoms with Crippen molar-refractivity contribution < 1.29 is 9.47 Å². The number of hydrogen-bond acceptors (Lipinski definition) is 3. The highest BCUT2D eigenvalue weighted by atomic mass is 16.5. The van der Waals surface area contributed by atoms with Crippen LogP contribution in [0.3, 0.4) is 0 Å². The predicted molar refractivity (Wildman–Crippen MR) is 61.5 cm³/mol. The standard InChI is InChI=1S/C12H13NO2/c1-14-10-5-3-4-8-6-9(13)7-11(15-2)12(8)10/h3-7H,13H2,1-2H3. The number of ether oxygens (including phenoxy) is 2. The van der Waals surface area contributed by atoms with Crippen molar-refractivity contribution in [1.82, 2.24) is 0 Å². The molecule has 2 aromatic carbocycles. The quantitative estimate of drug-likeness (QED) is 0.762. The molecule has 0 bridgehead atoms. The van der Waals surface area contributed by atoms with Gasteiger partial charge in [-0.15, -0.1) is 0 Å². The highest BCUT2D eigenvalue weighted by molar-refractivity contribution is 5.96. The number of nitrogen functional groups attached to an aromatic ring is 1. The lowest BCUT2D eigenvalue weighted by Gasteiger charge is -2.10. The van der Waals surface area contributed by atoms with Crippen LogP contribution in [0.1, 0.15) is 0 Å². The number of benzene rings is 2. The van der Waals surface area contributed by atoms with Crippen LogP contribution >= 0.6 is 0 Å². The second-order valence-electron chi connectivity index (χ2n) is 3.28. The van der Waals surface area contributed by atoms with E-state index in [9.17, 15) is 0 Å². The summed E-state index contributed by atoms with van der Waals surface area (Å²) in [5.74, 6) is 1.53. The number of anilines is 1. The fraction of sp³-hybridized carbons (Fsp3) is 0.167. The van der Waals surface area contributed by atoms with E-state index in [0.717, 1.165) is 22.3 Å². The van der Waals surface area contributed by atoms with Crippen molar-refractivity contribution in [3.8, 4) is 11.5 Å². The van der Waals surface area contributed by atoms with Gasteiger partial charge in [0.1, 0.15) is 11.5 Å². The molecule has 0 aliphatic carbocycles. The van der Waals surface area contributed by atoms with E-state index >= 15 is 0 Å². The average Bonchev–Trinajstić information content (AvgIpc) is 2.26. The molecule has 0 spiro atoms. The molecule has 2 rings (SSSR count). The highest BCUT2D eigenvalue weighted by Gasteiger charge is 2.08. The van der Waals surface area contributed by atoms with Gasteiger partial charge in [-0.05, 0) is 17.5 Å². The Bertz CT molecular complexity index is 494. The lowest BCUT2D eigenvalue weighted by Crippen LogP contribution is -1.92. The summed E-state index contributed by atoms with van der Waals surface area (Å²) in [6.45, 7) is 0. The molecule has 2 N–H and O–H groups in total. The van der Waals surface area contributed by atoms with Crippen LogP contribution in [0.15, 0.2) is 30.3 Å². The largest absolute Gasteiger partial charge is 0.496 e. The van der Waals surface area contributed by atoms with Crippen molar-refractivity contribution in [3.63, 3.8) is 0 Å². The van der Waals surface area contributed by atoms with E-state index in [1.54, 1.807) is 20.3 Å². The van der Waals surface area contributed by atoms with Gasteiger partial charge in [0, 0.05) is 11.8 Å². The molecule has 0 radical (unpaired) electrons. The average molecular weight is 203 g/mol. The number of methoxy groups -OCH3 is 2. The van der Waals surface area contributed by atoms with Crippen molar-refractivity contribution in [2.24, 2.45) is 0 Å². The van der Waals surface area contributed by atoms with E-state index < -0.39 is 0 Å². The van der Waals surface area contributed by atoms with Crippen LogP contribution in [0, 0.1) is 0 Å². The first-order valence-electron chi connectivity index (χ1n) is 4.66. The van der Waals surface area contributed by atoms with Gasteiger partial charge in [-0.25, -0.2) is 0 Å². The molecular weight excluding hydrogens is 190 g/mol. The molecule has 15 heavy (non-hydrogen) atoms. The minimum Gasteiger partial charge on any atom is -0.496 e. The smallest absolute Gasteiger partial charge is 0.132 e. The zero-order chi connectivity index (χ0) is 10.8. The highest BCUT2D eigenvalue weighted by Crippen LogP contribution is 2.35. The molecule has 0 saturated heterocycles. The molecule has 0 aliphatic rings. The fourth-order valence-corrected chi connectivity index (χ4v) is 1.71. The van der Waals surface area contributed by atoms with E-state index in [2.05, 4.69) is 0 Å². The minimum absolute atomic E-state index is 0.688. The Hall–Kier alpha value is -1.90. The first-order chi connectivity index (χ1) is 7.26. The molecule has 2 aromatic rings. The normalized spacial score (nSPS) is 10.3. The molecular formula is C12H13NO2. The number of fused-ring (bicyclic) bond motifs is 1. The van der Waals surface area contributed by atoms with Gasteiger partial charge in [0.2, 0.25) is 0 Å². The van der Waals surface area contributed by atoms with Crippen LogP contribution in [-0.2, 0) is 0 Å². The van der Waals surface area contributed by atoms with Gasteiger partial charge in [-0.3, -0.25) is 0 Å². The van der Waals surface area contributed by atoms with Crippen LogP contribution in [0.25, 0.3) is 10.8 Å². The van der Waals surface area contributed by atoms with Crippen molar-refractivity contribution in [2.45, 2.75) is 0 Å². The van der Waals surface area contributed by atoms with E-state index in [1.807, 2.05) is 24.3 Å². The second-order valence-corrected chi connectivity index (χ2v) is 3.28. The van der Waals surface area contributed by atoms with Crippen LogP contribution < -0.4 is 15.2 Å². The van der Waals surface area contributed by atoms with Crippen molar-refractivity contribution in [1.29, 1.82) is 0 Å². The fourth-order valence-electron chi connectivity index (χ4n) is 1.71. The number of hydrogen-bond donors (Lipinski definition) is 1. The van der Waals surface area contributed by atoms with Gasteiger partial charge < -0.3 is 15.2 Å². The van der Waals surface area contributed by atoms with Gasteiger partial charge in [-0.1, -0.05) is 12.1 Å². The Labute approximate surface area is 88.4 Å². The maximum absolute atomic E-state index is 5.77. The van der Waals surface area contributed by atoms with E-state index in [-0.39, 0.29) is 0 Å². The minimum atomic E-state index is 0.688. The Balaban J connectivity index is 2.84. The molecule has 0 saturated carbocycles. The number of rotatable bonds is 2. The van der Waals surface area contributed by atoms with E-state index in [0.29, 0.717) is 5.69 Å².